The molecule has 1 amide bonds. The normalized spacial score (nSPS) is 19.1. The molecule has 0 saturated heterocycles. The SMILES string of the molecule is CN(C)c1ccc(Nc2nc(N[C@@H]3CCCC[C@@H]3N)nnc2C(N)=O)cc1F. The Kier molecular flexibility index (Phi) is 5.88. The first kappa shape index (κ1) is 19.7. The van der Waals surface area contributed by atoms with Crippen LogP contribution in [0.5, 0.6) is 0 Å². The first-order valence-corrected chi connectivity index (χ1v) is 9.15. The summed E-state index contributed by atoms with van der Waals surface area (Å²) in [6.45, 7) is 0. The van der Waals surface area contributed by atoms with E-state index in [1.807, 2.05) is 0 Å². The largest absolute Gasteiger partial charge is 0.375 e. The van der Waals surface area contributed by atoms with E-state index in [4.69, 9.17) is 11.5 Å². The third kappa shape index (κ3) is 4.45. The van der Waals surface area contributed by atoms with E-state index in [0.29, 0.717) is 11.4 Å². The molecule has 0 aliphatic heterocycles. The highest BCUT2D eigenvalue weighted by Crippen LogP contribution is 2.25. The molecule has 1 aromatic carbocycles. The Hall–Kier alpha value is -3.01. The molecular formula is C18H25FN8O. The second-order valence-corrected chi connectivity index (χ2v) is 7.08. The number of nitrogens with one attached hydrogen (secondary N) is 2. The highest BCUT2D eigenvalue weighted by molar-refractivity contribution is 5.96. The topological polar surface area (TPSA) is 135 Å². The standard InChI is InChI=1S/C18H25FN8O/c1-27(2)14-8-7-10(9-11(14)19)22-17-15(16(21)28)25-26-18(24-17)23-13-6-4-3-5-12(13)20/h7-9,12-13H,3-6,20H2,1-2H3,(H2,21,28)(H2,22,23,24,26)/t12-,13+/m0/s1. The summed E-state index contributed by atoms with van der Waals surface area (Å²) in [5.41, 5.74) is 12.2. The van der Waals surface area contributed by atoms with Crippen LogP contribution in [0, 0.1) is 5.82 Å². The van der Waals surface area contributed by atoms with Gasteiger partial charge in [0.15, 0.2) is 11.5 Å². The highest BCUT2D eigenvalue weighted by atomic mass is 19.1. The van der Waals surface area contributed by atoms with Crippen LogP contribution >= 0.6 is 0 Å². The molecular weight excluding hydrogens is 363 g/mol. The first-order chi connectivity index (χ1) is 13.3. The van der Waals surface area contributed by atoms with Crippen molar-refractivity contribution in [2.75, 3.05) is 29.6 Å². The molecule has 0 unspecified atom stereocenters. The van der Waals surface area contributed by atoms with Gasteiger partial charge in [-0.1, -0.05) is 12.8 Å². The van der Waals surface area contributed by atoms with Crippen molar-refractivity contribution in [1.29, 1.82) is 0 Å². The van der Waals surface area contributed by atoms with Crippen LogP contribution in [0.3, 0.4) is 0 Å². The molecule has 1 saturated carbocycles. The Bertz CT molecular complexity index is 859. The fourth-order valence-electron chi connectivity index (χ4n) is 3.23. The zero-order valence-corrected chi connectivity index (χ0v) is 15.9. The van der Waals surface area contributed by atoms with Crippen LogP contribution in [0.25, 0.3) is 0 Å². The number of primary amides is 1. The maximum absolute atomic E-state index is 14.2. The minimum absolute atomic E-state index is 0.00255. The third-order valence-corrected chi connectivity index (χ3v) is 4.75. The quantitative estimate of drug-likeness (QED) is 0.586. The number of rotatable bonds is 6. The summed E-state index contributed by atoms with van der Waals surface area (Å²) in [7, 11) is 3.50. The lowest BCUT2D eigenvalue weighted by molar-refractivity contribution is 0.0995. The average Bonchev–Trinajstić information content (AvgIpc) is 2.63. The molecule has 6 N–H and O–H groups in total. The third-order valence-electron chi connectivity index (χ3n) is 4.75. The second kappa shape index (κ2) is 8.34. The molecule has 9 nitrogen and oxygen atoms in total. The van der Waals surface area contributed by atoms with Gasteiger partial charge in [0.1, 0.15) is 5.82 Å². The van der Waals surface area contributed by atoms with E-state index < -0.39 is 11.7 Å². The first-order valence-electron chi connectivity index (χ1n) is 9.15. The van der Waals surface area contributed by atoms with Gasteiger partial charge >= 0.3 is 0 Å². The molecule has 28 heavy (non-hydrogen) atoms. The number of benzene rings is 1. The van der Waals surface area contributed by atoms with E-state index in [1.165, 1.54) is 6.07 Å². The summed E-state index contributed by atoms with van der Waals surface area (Å²) < 4.78 is 14.2. The van der Waals surface area contributed by atoms with E-state index in [1.54, 1.807) is 31.1 Å². The monoisotopic (exact) mass is 388 g/mol. The summed E-state index contributed by atoms with van der Waals surface area (Å²) >= 11 is 0. The summed E-state index contributed by atoms with van der Waals surface area (Å²) in [6, 6.07) is 4.63. The van der Waals surface area contributed by atoms with Crippen LogP contribution in [-0.2, 0) is 0 Å². The number of nitrogens with two attached hydrogens (primary N) is 2. The van der Waals surface area contributed by atoms with Gasteiger partial charge in [-0.05, 0) is 31.0 Å². The Balaban J connectivity index is 1.85. The van der Waals surface area contributed by atoms with Crippen LogP contribution in [0.1, 0.15) is 36.2 Å². The van der Waals surface area contributed by atoms with Crippen LogP contribution in [0.2, 0.25) is 0 Å². The van der Waals surface area contributed by atoms with Crippen LogP contribution in [0.4, 0.5) is 27.5 Å². The number of halogens is 1. The van der Waals surface area contributed by atoms with Crippen molar-refractivity contribution in [2.45, 2.75) is 37.8 Å². The fourth-order valence-corrected chi connectivity index (χ4v) is 3.23. The summed E-state index contributed by atoms with van der Waals surface area (Å²) in [4.78, 5) is 17.7. The number of anilines is 4. The van der Waals surface area contributed by atoms with Gasteiger partial charge in [-0.15, -0.1) is 10.2 Å². The van der Waals surface area contributed by atoms with E-state index >= 15 is 0 Å². The Morgan fingerprint density at radius 2 is 2.00 bits per heavy atom. The summed E-state index contributed by atoms with van der Waals surface area (Å²) in [5.74, 6) is -0.857. The summed E-state index contributed by atoms with van der Waals surface area (Å²) in [5, 5.41) is 13.9. The van der Waals surface area contributed by atoms with Gasteiger partial charge in [0, 0.05) is 31.9 Å². The molecule has 2 atom stereocenters. The zero-order chi connectivity index (χ0) is 20.3. The Morgan fingerprint density at radius 1 is 1.25 bits per heavy atom. The molecule has 1 aliphatic rings. The Labute approximate surface area is 162 Å². The van der Waals surface area contributed by atoms with Gasteiger partial charge in [-0.25, -0.2) is 4.39 Å². The van der Waals surface area contributed by atoms with E-state index in [2.05, 4.69) is 25.8 Å². The number of hydrogen-bond donors (Lipinski definition) is 4. The predicted octanol–water partition coefficient (Wildman–Crippen LogP) is 1.60. The van der Waals surface area contributed by atoms with Crippen molar-refractivity contribution < 1.29 is 9.18 Å². The average molecular weight is 388 g/mol. The smallest absolute Gasteiger partial charge is 0.273 e. The lowest BCUT2D eigenvalue weighted by Gasteiger charge is -2.29. The molecule has 3 rings (SSSR count). The number of carbonyl (C=O) groups is 1. The molecule has 1 fully saturated rings. The van der Waals surface area contributed by atoms with Crippen molar-refractivity contribution in [3.05, 3.63) is 29.7 Å². The molecule has 1 heterocycles. The van der Waals surface area contributed by atoms with Gasteiger partial charge in [0.25, 0.3) is 5.91 Å². The van der Waals surface area contributed by atoms with Crippen LogP contribution in [0.15, 0.2) is 18.2 Å². The molecule has 1 aromatic heterocycles. The van der Waals surface area contributed by atoms with E-state index in [-0.39, 0.29) is 29.5 Å². The fraction of sp³-hybridized carbons (Fsp3) is 0.444. The van der Waals surface area contributed by atoms with E-state index in [9.17, 15) is 9.18 Å². The molecule has 2 aromatic rings. The number of amides is 1. The maximum Gasteiger partial charge on any atom is 0.273 e. The van der Waals surface area contributed by atoms with Crippen molar-refractivity contribution >= 4 is 29.0 Å². The number of nitrogens with zero attached hydrogens (tertiary/aromatic N) is 4. The Morgan fingerprint density at radius 3 is 2.64 bits per heavy atom. The van der Waals surface area contributed by atoms with Gasteiger partial charge in [-0.2, -0.15) is 4.98 Å². The number of carbonyl (C=O) groups excluding carboxylic acids is 1. The number of aromatic nitrogens is 3. The van der Waals surface area contributed by atoms with Crippen molar-refractivity contribution in [1.82, 2.24) is 15.2 Å². The molecule has 0 bridgehead atoms. The highest BCUT2D eigenvalue weighted by Gasteiger charge is 2.23. The molecule has 0 spiro atoms. The summed E-state index contributed by atoms with van der Waals surface area (Å²) in [6.07, 6.45) is 4.00. The molecule has 0 radical (unpaired) electrons. The van der Waals surface area contributed by atoms with Crippen LogP contribution < -0.4 is 27.0 Å². The van der Waals surface area contributed by atoms with Crippen molar-refractivity contribution in [2.24, 2.45) is 11.5 Å². The molecule has 10 heteroatoms. The number of hydrogen-bond acceptors (Lipinski definition) is 8. The molecule has 1 aliphatic carbocycles. The van der Waals surface area contributed by atoms with Gasteiger partial charge in [0.05, 0.1) is 5.69 Å². The van der Waals surface area contributed by atoms with Gasteiger partial charge in [0.2, 0.25) is 5.95 Å². The second-order valence-electron chi connectivity index (χ2n) is 7.08. The molecule has 150 valence electrons. The lowest BCUT2D eigenvalue weighted by atomic mass is 9.91. The minimum atomic E-state index is -0.784. The zero-order valence-electron chi connectivity index (χ0n) is 15.9. The van der Waals surface area contributed by atoms with Crippen molar-refractivity contribution in [3.8, 4) is 0 Å². The van der Waals surface area contributed by atoms with Crippen LogP contribution in [-0.4, -0.2) is 47.3 Å². The van der Waals surface area contributed by atoms with E-state index in [0.717, 1.165) is 25.7 Å². The van der Waals surface area contributed by atoms with Gasteiger partial charge < -0.3 is 27.0 Å². The van der Waals surface area contributed by atoms with Crippen molar-refractivity contribution in [3.63, 3.8) is 0 Å². The lowest BCUT2D eigenvalue weighted by Crippen LogP contribution is -2.43. The van der Waals surface area contributed by atoms with Gasteiger partial charge in [-0.3, -0.25) is 4.79 Å². The predicted molar refractivity (Wildman–Crippen MR) is 106 cm³/mol. The minimum Gasteiger partial charge on any atom is -0.375 e. The maximum atomic E-state index is 14.2.